The smallest absolute Gasteiger partial charge is 0.156 e. The second kappa shape index (κ2) is 8.46. The number of fused-ring (bicyclic) bond motifs is 4. The molecule has 0 aliphatic heterocycles. The third kappa shape index (κ3) is 3.66. The summed E-state index contributed by atoms with van der Waals surface area (Å²) in [6, 6.07) is 8.97. The van der Waals surface area contributed by atoms with Gasteiger partial charge in [0.05, 0.1) is 5.60 Å². The monoisotopic (exact) mass is 435 g/mol. The average Bonchev–Trinajstić information content (AvgIpc) is 3.13. The first kappa shape index (κ1) is 21.9. The molecular weight excluding hydrogens is 398 g/mol. The second-order valence-electron chi connectivity index (χ2n) is 10.7. The zero-order valence-electron chi connectivity index (χ0n) is 19.5. The maximum Gasteiger partial charge on any atom is 0.156 e. The highest BCUT2D eigenvalue weighted by atomic mass is 16.3. The first-order valence-electron chi connectivity index (χ1n) is 12.5. The van der Waals surface area contributed by atoms with Crippen LogP contribution in [0.15, 0.2) is 47.1 Å². The number of aliphatic hydroxyl groups is 2. The summed E-state index contributed by atoms with van der Waals surface area (Å²) in [5.74, 6) is 1.91. The SMILES string of the molecule is CN(C)c1ccc([C@H]2C[C@@H]3C(CC[C@]3(O)CCCO)C3CCC4=CC(=O)CCC4=C32)cc1. The number of rotatable bonds is 5. The fraction of sp³-hybridized carbons (Fsp3) is 0.607. The van der Waals surface area contributed by atoms with Crippen LogP contribution in [-0.2, 0) is 4.79 Å². The molecular formula is C28H37NO3. The molecule has 4 nitrogen and oxygen atoms in total. The van der Waals surface area contributed by atoms with Crippen molar-refractivity contribution in [2.75, 3.05) is 25.6 Å². The lowest BCUT2D eigenvalue weighted by Crippen LogP contribution is -2.43. The van der Waals surface area contributed by atoms with Gasteiger partial charge in [0.1, 0.15) is 0 Å². The van der Waals surface area contributed by atoms with Gasteiger partial charge in [-0.2, -0.15) is 0 Å². The molecule has 172 valence electrons. The Morgan fingerprint density at radius 1 is 1.09 bits per heavy atom. The number of hydrogen-bond acceptors (Lipinski definition) is 4. The van der Waals surface area contributed by atoms with Gasteiger partial charge in [0.25, 0.3) is 0 Å². The van der Waals surface area contributed by atoms with E-state index < -0.39 is 5.60 Å². The quantitative estimate of drug-likeness (QED) is 0.700. The molecule has 4 aliphatic rings. The lowest BCUT2D eigenvalue weighted by Gasteiger charge is -2.49. The van der Waals surface area contributed by atoms with Crippen LogP contribution < -0.4 is 4.90 Å². The lowest BCUT2D eigenvalue weighted by molar-refractivity contribution is -0.114. The fourth-order valence-electron chi connectivity index (χ4n) is 7.39. The van der Waals surface area contributed by atoms with E-state index in [0.717, 1.165) is 38.5 Å². The van der Waals surface area contributed by atoms with E-state index in [1.807, 2.05) is 6.08 Å². The first-order valence-corrected chi connectivity index (χ1v) is 12.5. The minimum Gasteiger partial charge on any atom is -0.396 e. The Hall–Kier alpha value is -1.91. The van der Waals surface area contributed by atoms with Gasteiger partial charge in [0, 0.05) is 38.7 Å². The minimum atomic E-state index is -0.649. The molecule has 5 atom stereocenters. The van der Waals surface area contributed by atoms with Crippen molar-refractivity contribution in [3.8, 4) is 0 Å². The second-order valence-corrected chi connectivity index (χ2v) is 10.7. The Morgan fingerprint density at radius 2 is 1.88 bits per heavy atom. The highest BCUT2D eigenvalue weighted by Crippen LogP contribution is 2.61. The highest BCUT2D eigenvalue weighted by molar-refractivity contribution is 5.93. The number of allylic oxidation sites excluding steroid dienone is 4. The van der Waals surface area contributed by atoms with E-state index in [1.165, 1.54) is 22.4 Å². The van der Waals surface area contributed by atoms with Crippen molar-refractivity contribution < 1.29 is 15.0 Å². The summed E-state index contributed by atoms with van der Waals surface area (Å²) in [6.45, 7) is 0.149. The molecule has 0 bridgehead atoms. The summed E-state index contributed by atoms with van der Waals surface area (Å²) in [4.78, 5) is 14.3. The number of carbonyl (C=O) groups is 1. The molecule has 0 radical (unpaired) electrons. The molecule has 0 spiro atoms. The third-order valence-electron chi connectivity index (χ3n) is 8.90. The van der Waals surface area contributed by atoms with Crippen molar-refractivity contribution in [3.63, 3.8) is 0 Å². The van der Waals surface area contributed by atoms with Crippen molar-refractivity contribution in [1.29, 1.82) is 0 Å². The Bertz CT molecular complexity index is 944. The van der Waals surface area contributed by atoms with Crippen molar-refractivity contribution in [2.24, 2.45) is 17.8 Å². The van der Waals surface area contributed by atoms with E-state index >= 15 is 0 Å². The van der Waals surface area contributed by atoms with Crippen LogP contribution in [0.25, 0.3) is 0 Å². The third-order valence-corrected chi connectivity index (χ3v) is 8.90. The van der Waals surface area contributed by atoms with Gasteiger partial charge in [0.2, 0.25) is 0 Å². The summed E-state index contributed by atoms with van der Waals surface area (Å²) in [6.07, 6.45) is 9.83. The number of hydrogen-bond donors (Lipinski definition) is 2. The molecule has 4 heteroatoms. The van der Waals surface area contributed by atoms with Crippen LogP contribution in [0.4, 0.5) is 5.69 Å². The van der Waals surface area contributed by atoms with Crippen LogP contribution in [0, 0.1) is 17.8 Å². The van der Waals surface area contributed by atoms with E-state index in [-0.39, 0.29) is 18.3 Å². The molecule has 1 aromatic rings. The Morgan fingerprint density at radius 3 is 2.59 bits per heavy atom. The van der Waals surface area contributed by atoms with Gasteiger partial charge in [0.15, 0.2) is 5.78 Å². The van der Waals surface area contributed by atoms with E-state index in [0.29, 0.717) is 37.0 Å². The standard InChI is InChI=1S/C28H37NO3/c1-29(2)20-7-4-18(5-8-20)25-17-26-23(12-14-28(26,32)13-3-15-30)24-10-6-19-16-21(31)9-11-22(19)27(24)25/h4-5,7-8,16,23-26,30,32H,3,6,9-15,17H2,1-2H3/t23?,24?,25-,26-,28-/m1/s1. The number of carbonyl (C=O) groups excluding carboxylic acids is 1. The maximum absolute atomic E-state index is 12.1. The van der Waals surface area contributed by atoms with Gasteiger partial charge < -0.3 is 15.1 Å². The zero-order valence-corrected chi connectivity index (χ0v) is 19.5. The predicted octanol–water partition coefficient (Wildman–Crippen LogP) is 4.77. The van der Waals surface area contributed by atoms with Crippen LogP contribution in [0.1, 0.15) is 69.3 Å². The van der Waals surface area contributed by atoms with E-state index in [9.17, 15) is 15.0 Å². The maximum atomic E-state index is 12.1. The van der Waals surface area contributed by atoms with Crippen molar-refractivity contribution >= 4 is 11.5 Å². The summed E-state index contributed by atoms with van der Waals surface area (Å²) in [5.41, 5.74) is 6.23. The molecule has 2 N–H and O–H groups in total. The summed E-state index contributed by atoms with van der Waals surface area (Å²) < 4.78 is 0. The van der Waals surface area contributed by atoms with Gasteiger partial charge in [-0.15, -0.1) is 0 Å². The molecule has 4 aliphatic carbocycles. The minimum absolute atomic E-state index is 0.149. The number of ketones is 1. The fourth-order valence-corrected chi connectivity index (χ4v) is 7.39. The van der Waals surface area contributed by atoms with Gasteiger partial charge in [-0.05, 0) is 104 Å². The van der Waals surface area contributed by atoms with Crippen molar-refractivity contribution in [1.82, 2.24) is 0 Å². The van der Waals surface area contributed by atoms with Crippen LogP contribution in [0.3, 0.4) is 0 Å². The topological polar surface area (TPSA) is 60.8 Å². The molecule has 2 fully saturated rings. The number of benzene rings is 1. The van der Waals surface area contributed by atoms with E-state index in [1.54, 1.807) is 5.57 Å². The zero-order chi connectivity index (χ0) is 22.5. The Kier molecular flexibility index (Phi) is 5.79. The molecule has 0 saturated heterocycles. The largest absolute Gasteiger partial charge is 0.396 e. The molecule has 5 rings (SSSR count). The lowest BCUT2D eigenvalue weighted by atomic mass is 9.56. The summed E-state index contributed by atoms with van der Waals surface area (Å²) in [5, 5.41) is 21.1. The normalized spacial score (nSPS) is 34.0. The van der Waals surface area contributed by atoms with Gasteiger partial charge >= 0.3 is 0 Å². The molecule has 0 heterocycles. The highest BCUT2D eigenvalue weighted by Gasteiger charge is 2.55. The van der Waals surface area contributed by atoms with Crippen LogP contribution in [0.2, 0.25) is 0 Å². The van der Waals surface area contributed by atoms with Gasteiger partial charge in [-0.3, -0.25) is 4.79 Å². The van der Waals surface area contributed by atoms with E-state index in [4.69, 9.17) is 0 Å². The number of nitrogens with zero attached hydrogens (tertiary/aromatic N) is 1. The van der Waals surface area contributed by atoms with E-state index in [2.05, 4.69) is 43.3 Å². The molecule has 2 saturated carbocycles. The Balaban J connectivity index is 1.58. The molecule has 0 amide bonds. The summed E-state index contributed by atoms with van der Waals surface area (Å²) in [7, 11) is 4.13. The van der Waals surface area contributed by atoms with Crippen LogP contribution in [-0.4, -0.2) is 42.3 Å². The number of aliphatic hydroxyl groups excluding tert-OH is 1. The van der Waals surface area contributed by atoms with Crippen LogP contribution in [0.5, 0.6) is 0 Å². The molecule has 2 unspecified atom stereocenters. The molecule has 32 heavy (non-hydrogen) atoms. The predicted molar refractivity (Wildman–Crippen MR) is 128 cm³/mol. The molecule has 1 aromatic carbocycles. The Labute approximate surface area is 192 Å². The van der Waals surface area contributed by atoms with Crippen LogP contribution >= 0.6 is 0 Å². The summed E-state index contributed by atoms with van der Waals surface area (Å²) >= 11 is 0. The number of anilines is 1. The first-order chi connectivity index (χ1) is 15.4. The van der Waals surface area contributed by atoms with Crippen molar-refractivity contribution in [2.45, 2.75) is 69.3 Å². The average molecular weight is 436 g/mol. The van der Waals surface area contributed by atoms with Gasteiger partial charge in [-0.1, -0.05) is 17.7 Å². The van der Waals surface area contributed by atoms with Crippen molar-refractivity contribution in [3.05, 3.63) is 52.6 Å². The molecule has 0 aromatic heterocycles. The van der Waals surface area contributed by atoms with Gasteiger partial charge in [-0.25, -0.2) is 0 Å².